The molecule has 4 aliphatic rings. The van der Waals surface area contributed by atoms with Crippen molar-refractivity contribution in [3.63, 3.8) is 0 Å². The first kappa shape index (κ1) is 35.0. The minimum Gasteiger partial charge on any atom is -0.496 e. The van der Waals surface area contributed by atoms with Crippen molar-refractivity contribution in [2.24, 2.45) is 17.3 Å². The molecular formula is C31H43BF3NO9. The maximum Gasteiger partial charge on any atom is 0.482 e. The number of esters is 2. The summed E-state index contributed by atoms with van der Waals surface area (Å²) in [6.07, 6.45) is -4.96. The van der Waals surface area contributed by atoms with Gasteiger partial charge in [0.2, 0.25) is 12.7 Å². The number of amides is 1. The number of hydrogen-bond acceptors (Lipinski definition) is 9. The van der Waals surface area contributed by atoms with Crippen molar-refractivity contribution in [1.82, 2.24) is 5.32 Å². The van der Waals surface area contributed by atoms with Gasteiger partial charge in [-0.15, -0.1) is 0 Å². The Hall–Kier alpha value is -2.84. The van der Waals surface area contributed by atoms with Gasteiger partial charge >= 0.3 is 25.2 Å². The van der Waals surface area contributed by atoms with Crippen LogP contribution in [-0.2, 0) is 39.5 Å². The van der Waals surface area contributed by atoms with Crippen molar-refractivity contribution in [3.05, 3.63) is 29.3 Å². The van der Waals surface area contributed by atoms with Gasteiger partial charge in [0, 0.05) is 13.0 Å². The van der Waals surface area contributed by atoms with Crippen LogP contribution in [0.1, 0.15) is 83.1 Å². The average molecular weight is 641 g/mol. The largest absolute Gasteiger partial charge is 0.496 e. The van der Waals surface area contributed by atoms with Gasteiger partial charge in [-0.25, -0.2) is 9.59 Å². The molecular weight excluding hydrogens is 598 g/mol. The summed E-state index contributed by atoms with van der Waals surface area (Å²) >= 11 is 0. The summed E-state index contributed by atoms with van der Waals surface area (Å²) in [7, 11) is 0.406. The van der Waals surface area contributed by atoms with Crippen LogP contribution in [0.3, 0.4) is 0 Å². The van der Waals surface area contributed by atoms with Crippen LogP contribution in [0.5, 0.6) is 5.75 Å². The third-order valence-corrected chi connectivity index (χ3v) is 9.62. The smallest absolute Gasteiger partial charge is 0.482 e. The van der Waals surface area contributed by atoms with Crippen LogP contribution in [0, 0.1) is 17.3 Å². The number of halogens is 3. The van der Waals surface area contributed by atoms with Gasteiger partial charge in [-0.3, -0.25) is 4.79 Å². The highest BCUT2D eigenvalue weighted by Gasteiger charge is 2.68. The van der Waals surface area contributed by atoms with Crippen LogP contribution in [0.2, 0.25) is 0 Å². The van der Waals surface area contributed by atoms with Crippen LogP contribution < -0.4 is 10.1 Å². The van der Waals surface area contributed by atoms with Gasteiger partial charge in [-0.1, -0.05) is 26.0 Å². The highest BCUT2D eigenvalue weighted by atomic mass is 19.4. The fourth-order valence-corrected chi connectivity index (χ4v) is 7.01. The van der Waals surface area contributed by atoms with E-state index in [1.54, 1.807) is 19.1 Å². The van der Waals surface area contributed by atoms with E-state index in [-0.39, 0.29) is 41.8 Å². The molecule has 1 amide bonds. The molecule has 45 heavy (non-hydrogen) atoms. The maximum atomic E-state index is 13.0. The molecule has 0 spiro atoms. The number of carbonyl (C=O) groups is 3. The third-order valence-electron chi connectivity index (χ3n) is 9.62. The molecule has 1 heterocycles. The summed E-state index contributed by atoms with van der Waals surface area (Å²) in [5.41, 5.74) is -1.32. The second kappa shape index (κ2) is 13.1. The Morgan fingerprint density at radius 2 is 1.84 bits per heavy atom. The van der Waals surface area contributed by atoms with E-state index in [0.717, 1.165) is 12.8 Å². The fourth-order valence-electron chi connectivity index (χ4n) is 7.01. The summed E-state index contributed by atoms with van der Waals surface area (Å²) in [4.78, 5) is 38.0. The van der Waals surface area contributed by atoms with Crippen LogP contribution in [-0.4, -0.2) is 74.9 Å². The quantitative estimate of drug-likeness (QED) is 0.184. The predicted molar refractivity (Wildman–Crippen MR) is 156 cm³/mol. The van der Waals surface area contributed by atoms with Gasteiger partial charge < -0.3 is 33.6 Å². The van der Waals surface area contributed by atoms with Gasteiger partial charge in [-0.05, 0) is 75.8 Å². The summed E-state index contributed by atoms with van der Waals surface area (Å²) < 4.78 is 72.7. The Morgan fingerprint density at radius 3 is 2.47 bits per heavy atom. The number of methoxy groups -OCH3 is 1. The zero-order chi connectivity index (χ0) is 33.4. The van der Waals surface area contributed by atoms with Crippen molar-refractivity contribution in [1.29, 1.82) is 0 Å². The number of benzene rings is 1. The van der Waals surface area contributed by atoms with E-state index in [1.165, 1.54) is 27.0 Å². The standard InChI is InChI=1S/C31H43BF3NO9/c1-8-43-29(4,5)27(39)42-17-41-26(38)20-11-9-10-18(25(20)40-7)14-23(36-24(37)12-13-31(33,34)35)32-44-22-16-19-15-21(28(19,2)3)30(22,6)45-32/h9-11,19,21-23H,8,12-17H2,1-7H3,(H,36,37). The highest BCUT2D eigenvalue weighted by Crippen LogP contribution is 2.65. The van der Waals surface area contributed by atoms with Gasteiger partial charge in [0.15, 0.2) is 5.60 Å². The normalized spacial score (nSPS) is 25.9. The molecule has 5 unspecified atom stereocenters. The molecule has 4 fully saturated rings. The van der Waals surface area contributed by atoms with Gasteiger partial charge in [-0.2, -0.15) is 13.2 Å². The Morgan fingerprint density at radius 1 is 1.13 bits per heavy atom. The van der Waals surface area contributed by atoms with Gasteiger partial charge in [0.05, 0.1) is 31.2 Å². The second-order valence-electron chi connectivity index (χ2n) is 13.3. The lowest BCUT2D eigenvalue weighted by Crippen LogP contribution is -2.65. The summed E-state index contributed by atoms with van der Waals surface area (Å²) in [6, 6.07) is 4.70. The number of ether oxygens (including phenoxy) is 4. The van der Waals surface area contributed by atoms with E-state index in [2.05, 4.69) is 19.2 Å². The number of rotatable bonds is 13. The van der Waals surface area contributed by atoms with E-state index in [4.69, 9.17) is 28.3 Å². The zero-order valence-electron chi connectivity index (χ0n) is 26.9. The van der Waals surface area contributed by atoms with Crippen molar-refractivity contribution < 1.29 is 55.8 Å². The monoisotopic (exact) mass is 641 g/mol. The maximum absolute atomic E-state index is 13.0. The van der Waals surface area contributed by atoms with Crippen LogP contribution in [0.15, 0.2) is 18.2 Å². The molecule has 5 atom stereocenters. The number of carbonyl (C=O) groups excluding carboxylic acids is 3. The minimum atomic E-state index is -4.49. The molecule has 250 valence electrons. The average Bonchev–Trinajstić information content (AvgIpc) is 3.32. The molecule has 1 aromatic rings. The van der Waals surface area contributed by atoms with Crippen molar-refractivity contribution >= 4 is 25.0 Å². The Kier molecular flexibility index (Phi) is 10.2. The molecule has 2 bridgehead atoms. The molecule has 0 radical (unpaired) electrons. The predicted octanol–water partition coefficient (Wildman–Crippen LogP) is 4.81. The third kappa shape index (κ3) is 7.43. The molecule has 5 rings (SSSR count). The van der Waals surface area contributed by atoms with Gasteiger partial charge in [0.1, 0.15) is 11.3 Å². The first-order chi connectivity index (χ1) is 20.9. The molecule has 1 saturated heterocycles. The first-order valence-corrected chi connectivity index (χ1v) is 15.3. The lowest BCUT2D eigenvalue weighted by Gasteiger charge is -2.64. The van der Waals surface area contributed by atoms with Crippen LogP contribution in [0.4, 0.5) is 13.2 Å². The van der Waals surface area contributed by atoms with Crippen LogP contribution in [0.25, 0.3) is 0 Å². The molecule has 14 heteroatoms. The Balaban J connectivity index is 1.52. The zero-order valence-corrected chi connectivity index (χ0v) is 26.9. The van der Waals surface area contributed by atoms with Crippen molar-refractivity contribution in [3.8, 4) is 5.75 Å². The summed E-state index contributed by atoms with van der Waals surface area (Å²) in [5.74, 6) is -2.43. The molecule has 1 N–H and O–H groups in total. The molecule has 1 aliphatic heterocycles. The van der Waals surface area contributed by atoms with E-state index in [9.17, 15) is 27.6 Å². The van der Waals surface area contributed by atoms with Gasteiger partial charge in [0.25, 0.3) is 0 Å². The number of nitrogens with one attached hydrogen (secondary N) is 1. The summed E-state index contributed by atoms with van der Waals surface area (Å²) in [6.45, 7) is 10.8. The number of para-hydroxylation sites is 1. The minimum absolute atomic E-state index is 0.0184. The highest BCUT2D eigenvalue weighted by molar-refractivity contribution is 6.48. The molecule has 3 aliphatic carbocycles. The molecule has 1 aromatic carbocycles. The topological polar surface area (TPSA) is 119 Å². The molecule has 10 nitrogen and oxygen atoms in total. The molecule has 3 saturated carbocycles. The van der Waals surface area contributed by atoms with Crippen molar-refractivity contribution in [2.75, 3.05) is 20.5 Å². The van der Waals surface area contributed by atoms with Crippen molar-refractivity contribution in [2.45, 2.75) is 103 Å². The van der Waals surface area contributed by atoms with E-state index >= 15 is 0 Å². The van der Waals surface area contributed by atoms with E-state index in [0.29, 0.717) is 11.5 Å². The molecule has 0 aromatic heterocycles. The second-order valence-corrected chi connectivity index (χ2v) is 13.3. The summed E-state index contributed by atoms with van der Waals surface area (Å²) in [5, 5.41) is 2.70. The van der Waals surface area contributed by atoms with E-state index < -0.39 is 67.9 Å². The first-order valence-electron chi connectivity index (χ1n) is 15.3. The Bertz CT molecular complexity index is 1270. The van der Waals surface area contributed by atoms with Crippen LogP contribution >= 0.6 is 0 Å². The number of hydrogen-bond donors (Lipinski definition) is 1. The van der Waals surface area contributed by atoms with E-state index in [1.807, 2.05) is 6.92 Å². The fraction of sp³-hybridized carbons (Fsp3) is 0.710. The lowest BCUT2D eigenvalue weighted by molar-refractivity contribution is -0.199. The Labute approximate surface area is 262 Å². The number of alkyl halides is 3. The lowest BCUT2D eigenvalue weighted by atomic mass is 9.43. The SMILES string of the molecule is CCOC(C)(C)C(=O)OCOC(=O)c1cccc(CC(NC(=O)CCC(F)(F)F)B2OC3CC4CC(C4(C)C)C3(C)O2)c1OC.